The monoisotopic (exact) mass is 374 g/mol. The zero-order valence-electron chi connectivity index (χ0n) is 15.7. The molecule has 0 saturated carbocycles. The molecule has 1 aromatic heterocycles. The van der Waals surface area contributed by atoms with E-state index in [4.69, 9.17) is 16.7 Å². The maximum absolute atomic E-state index is 12.4. The highest BCUT2D eigenvalue weighted by Crippen LogP contribution is 2.21. The highest BCUT2D eigenvalue weighted by molar-refractivity contribution is 7.80. The quantitative estimate of drug-likeness (QED) is 0.522. The van der Waals surface area contributed by atoms with Crippen molar-refractivity contribution in [3.63, 3.8) is 0 Å². The molecule has 0 atom stereocenters. The summed E-state index contributed by atoms with van der Waals surface area (Å²) in [5, 5.41) is 7.22. The number of rotatable bonds is 6. The van der Waals surface area contributed by atoms with Crippen LogP contribution in [0.2, 0.25) is 0 Å². The minimum absolute atomic E-state index is 0.0632. The molecule has 0 fully saturated rings. The number of hydrogen-bond donors (Lipinski definition) is 3. The van der Waals surface area contributed by atoms with Crippen molar-refractivity contribution in [2.45, 2.75) is 52.9 Å². The Morgan fingerprint density at radius 3 is 2.54 bits per heavy atom. The van der Waals surface area contributed by atoms with Gasteiger partial charge in [-0.05, 0) is 49.7 Å². The van der Waals surface area contributed by atoms with Crippen molar-refractivity contribution in [2.24, 2.45) is 0 Å². The summed E-state index contributed by atoms with van der Waals surface area (Å²) in [5.74, 6) is 0.295. The second-order valence-electron chi connectivity index (χ2n) is 6.50. The number of aromatic nitrogens is 1. The van der Waals surface area contributed by atoms with Gasteiger partial charge in [0.05, 0.1) is 5.69 Å². The molecule has 6 nitrogen and oxygen atoms in total. The molecule has 2 rings (SSSR count). The van der Waals surface area contributed by atoms with Crippen LogP contribution in [-0.2, 0) is 6.42 Å². The summed E-state index contributed by atoms with van der Waals surface area (Å²) < 4.78 is 5.23. The highest BCUT2D eigenvalue weighted by atomic mass is 32.1. The number of hydrogen-bond acceptors (Lipinski definition) is 4. The molecule has 140 valence electrons. The molecule has 2 aromatic rings. The van der Waals surface area contributed by atoms with Gasteiger partial charge in [0.15, 0.2) is 10.9 Å². The molecule has 1 amide bonds. The van der Waals surface area contributed by atoms with Gasteiger partial charge in [-0.2, -0.15) is 0 Å². The van der Waals surface area contributed by atoms with Gasteiger partial charge in [-0.3, -0.25) is 15.6 Å². The summed E-state index contributed by atoms with van der Waals surface area (Å²) in [6, 6.07) is 8.10. The van der Waals surface area contributed by atoms with E-state index >= 15 is 0 Å². The minimum Gasteiger partial charge on any atom is -0.360 e. The molecule has 0 aliphatic heterocycles. The van der Waals surface area contributed by atoms with E-state index in [1.165, 1.54) is 18.4 Å². The van der Waals surface area contributed by atoms with Crippen LogP contribution < -0.4 is 16.2 Å². The van der Waals surface area contributed by atoms with Gasteiger partial charge in [0.1, 0.15) is 5.56 Å². The van der Waals surface area contributed by atoms with E-state index in [0.717, 1.165) is 12.1 Å². The van der Waals surface area contributed by atoms with Crippen LogP contribution in [0.5, 0.6) is 0 Å². The molecular formula is C19H26N4O2S. The normalized spacial score (nSPS) is 10.7. The smallest absolute Gasteiger partial charge is 0.275 e. The van der Waals surface area contributed by atoms with Crippen LogP contribution in [0.25, 0.3) is 0 Å². The van der Waals surface area contributed by atoms with Crippen molar-refractivity contribution >= 4 is 28.9 Å². The van der Waals surface area contributed by atoms with E-state index in [9.17, 15) is 4.79 Å². The molecule has 0 unspecified atom stereocenters. The second kappa shape index (κ2) is 9.33. The fraction of sp³-hybridized carbons (Fsp3) is 0.421. The Kier molecular flexibility index (Phi) is 7.15. The molecule has 0 saturated heterocycles. The molecule has 0 bridgehead atoms. The van der Waals surface area contributed by atoms with Crippen LogP contribution in [0.4, 0.5) is 5.69 Å². The van der Waals surface area contributed by atoms with Gasteiger partial charge in [0, 0.05) is 11.6 Å². The van der Waals surface area contributed by atoms with E-state index in [1.807, 2.05) is 26.0 Å². The van der Waals surface area contributed by atoms with Crippen molar-refractivity contribution in [2.75, 3.05) is 5.32 Å². The van der Waals surface area contributed by atoms with Crippen LogP contribution in [0.3, 0.4) is 0 Å². The molecule has 0 radical (unpaired) electrons. The van der Waals surface area contributed by atoms with E-state index < -0.39 is 0 Å². The first-order valence-electron chi connectivity index (χ1n) is 8.84. The minimum atomic E-state index is -0.327. The van der Waals surface area contributed by atoms with E-state index in [-0.39, 0.29) is 11.8 Å². The van der Waals surface area contributed by atoms with Crippen LogP contribution in [0.1, 0.15) is 66.9 Å². The number of thiocarbonyl (C=S) groups is 1. The summed E-state index contributed by atoms with van der Waals surface area (Å²) in [6.45, 7) is 7.81. The Morgan fingerprint density at radius 2 is 1.92 bits per heavy atom. The second-order valence-corrected chi connectivity index (χ2v) is 6.90. The summed E-state index contributed by atoms with van der Waals surface area (Å²) in [7, 11) is 0. The highest BCUT2D eigenvalue weighted by Gasteiger charge is 2.22. The van der Waals surface area contributed by atoms with Gasteiger partial charge < -0.3 is 9.84 Å². The van der Waals surface area contributed by atoms with Crippen molar-refractivity contribution in [3.8, 4) is 0 Å². The molecule has 1 aromatic carbocycles. The number of amides is 1. The van der Waals surface area contributed by atoms with E-state index in [1.54, 1.807) is 6.92 Å². The first-order valence-corrected chi connectivity index (χ1v) is 9.25. The number of aryl methyl sites for hydroxylation is 2. The van der Waals surface area contributed by atoms with Gasteiger partial charge in [-0.25, -0.2) is 0 Å². The first-order chi connectivity index (χ1) is 12.4. The molecule has 1 heterocycles. The number of nitrogens with one attached hydrogen (secondary N) is 3. The van der Waals surface area contributed by atoms with Crippen LogP contribution in [0.15, 0.2) is 28.8 Å². The lowest BCUT2D eigenvalue weighted by molar-refractivity contribution is 0.0941. The summed E-state index contributed by atoms with van der Waals surface area (Å²) in [4.78, 5) is 12.4. The third kappa shape index (κ3) is 5.29. The zero-order chi connectivity index (χ0) is 19.1. The fourth-order valence-corrected chi connectivity index (χ4v) is 2.70. The SMILES string of the molecule is CCCCc1ccc(NC(=S)NNC(=O)c2c(C)noc2C(C)C)cc1. The van der Waals surface area contributed by atoms with Gasteiger partial charge in [0.2, 0.25) is 0 Å². The number of unbranched alkanes of at least 4 members (excludes halogenated alkanes) is 1. The van der Waals surface area contributed by atoms with Crippen molar-refractivity contribution in [3.05, 3.63) is 46.8 Å². The Balaban J connectivity index is 1.89. The number of anilines is 1. The Bertz CT molecular complexity index is 753. The molecular weight excluding hydrogens is 348 g/mol. The average Bonchev–Trinajstić information content (AvgIpc) is 3.01. The van der Waals surface area contributed by atoms with Crippen LogP contribution in [-0.4, -0.2) is 16.2 Å². The molecule has 0 aliphatic rings. The molecule has 0 aliphatic carbocycles. The zero-order valence-corrected chi connectivity index (χ0v) is 16.5. The van der Waals surface area contributed by atoms with Crippen LogP contribution in [0, 0.1) is 6.92 Å². The lowest BCUT2D eigenvalue weighted by Crippen LogP contribution is -2.44. The summed E-state index contributed by atoms with van der Waals surface area (Å²) in [6.07, 6.45) is 3.43. The third-order valence-corrected chi connectivity index (χ3v) is 4.17. The molecule has 0 spiro atoms. The van der Waals surface area contributed by atoms with E-state index in [2.05, 4.69) is 40.4 Å². The number of nitrogens with zero attached hydrogens (tertiary/aromatic N) is 1. The maximum atomic E-state index is 12.4. The maximum Gasteiger partial charge on any atom is 0.275 e. The number of carbonyl (C=O) groups is 1. The lowest BCUT2D eigenvalue weighted by atomic mass is 10.1. The number of carbonyl (C=O) groups excluding carboxylic acids is 1. The van der Waals surface area contributed by atoms with Crippen LogP contribution >= 0.6 is 12.2 Å². The summed E-state index contributed by atoms with van der Waals surface area (Å²) >= 11 is 5.23. The number of hydrazine groups is 1. The Hall–Kier alpha value is -2.41. The van der Waals surface area contributed by atoms with E-state index in [0.29, 0.717) is 22.1 Å². The summed E-state index contributed by atoms with van der Waals surface area (Å²) in [5.41, 5.74) is 8.45. The topological polar surface area (TPSA) is 79.2 Å². The van der Waals surface area contributed by atoms with Gasteiger partial charge in [-0.15, -0.1) is 0 Å². The predicted octanol–water partition coefficient (Wildman–Crippen LogP) is 4.08. The van der Waals surface area contributed by atoms with Gasteiger partial charge in [-0.1, -0.05) is 44.5 Å². The van der Waals surface area contributed by atoms with Crippen molar-refractivity contribution in [1.29, 1.82) is 0 Å². The van der Waals surface area contributed by atoms with Gasteiger partial charge in [0.25, 0.3) is 5.91 Å². The Labute approximate surface area is 159 Å². The Morgan fingerprint density at radius 1 is 1.23 bits per heavy atom. The van der Waals surface area contributed by atoms with Gasteiger partial charge >= 0.3 is 0 Å². The molecule has 3 N–H and O–H groups in total. The third-order valence-electron chi connectivity index (χ3n) is 3.96. The largest absolute Gasteiger partial charge is 0.360 e. The first kappa shape index (κ1) is 19.9. The standard InChI is InChI=1S/C19H26N4O2S/c1-5-6-7-14-8-10-15(11-9-14)20-19(26)22-21-18(24)16-13(4)23-25-17(16)12(2)3/h8-12H,5-7H2,1-4H3,(H,21,24)(H2,20,22,26). The molecule has 7 heteroatoms. The average molecular weight is 375 g/mol. The lowest BCUT2D eigenvalue weighted by Gasteiger charge is -2.12. The van der Waals surface area contributed by atoms with Crippen molar-refractivity contribution < 1.29 is 9.32 Å². The molecule has 26 heavy (non-hydrogen) atoms. The fourth-order valence-electron chi connectivity index (χ4n) is 2.53. The number of benzene rings is 1. The van der Waals surface area contributed by atoms with Crippen molar-refractivity contribution in [1.82, 2.24) is 16.0 Å². The predicted molar refractivity (Wildman–Crippen MR) is 107 cm³/mol.